The van der Waals surface area contributed by atoms with Gasteiger partial charge in [-0.3, -0.25) is 0 Å². The van der Waals surface area contributed by atoms with E-state index in [4.69, 9.17) is 0 Å². The van der Waals surface area contributed by atoms with E-state index in [9.17, 15) is 0 Å². The van der Waals surface area contributed by atoms with Crippen LogP contribution in [0.15, 0.2) is 29.2 Å². The monoisotopic (exact) mass is 303 g/mol. The minimum Gasteiger partial charge on any atom is -0.317 e. The molecule has 1 nitrogen and oxygen atoms in total. The molecule has 1 N–H and O–H groups in total. The van der Waals surface area contributed by atoms with E-state index in [1.54, 1.807) is 5.56 Å². The van der Waals surface area contributed by atoms with E-state index in [1.165, 1.54) is 36.3 Å². The first-order chi connectivity index (χ1) is 10.2. The molecule has 1 aromatic rings. The minimum absolute atomic E-state index is 0.734. The summed E-state index contributed by atoms with van der Waals surface area (Å²) in [7, 11) is 2.16. The van der Waals surface area contributed by atoms with E-state index < -0.39 is 0 Å². The minimum atomic E-state index is 0.734. The highest BCUT2D eigenvalue weighted by Gasteiger charge is 2.34. The van der Waals surface area contributed by atoms with Crippen LogP contribution in [0.3, 0.4) is 0 Å². The Hall–Kier alpha value is -0.470. The summed E-state index contributed by atoms with van der Waals surface area (Å²) < 4.78 is 0. The molecule has 1 aliphatic carbocycles. The molecule has 1 aliphatic heterocycles. The average Bonchev–Trinajstić information content (AvgIpc) is 2.90. The zero-order chi connectivity index (χ0) is 14.8. The number of benzene rings is 1. The third kappa shape index (κ3) is 3.32. The SMILES string of the molecule is CNC1CCC(C(C)C)CC1CC1CSc2ccccc21. The van der Waals surface area contributed by atoms with E-state index in [0.717, 1.165) is 29.7 Å². The van der Waals surface area contributed by atoms with Crippen LogP contribution in [-0.4, -0.2) is 18.8 Å². The van der Waals surface area contributed by atoms with Crippen molar-refractivity contribution in [2.75, 3.05) is 12.8 Å². The van der Waals surface area contributed by atoms with E-state index in [2.05, 4.69) is 62.2 Å². The highest BCUT2D eigenvalue weighted by atomic mass is 32.2. The molecule has 1 saturated carbocycles. The smallest absolute Gasteiger partial charge is 0.0107 e. The fraction of sp³-hybridized carbons (Fsp3) is 0.684. The second kappa shape index (κ2) is 6.75. The van der Waals surface area contributed by atoms with Gasteiger partial charge in [0.15, 0.2) is 0 Å². The maximum absolute atomic E-state index is 3.60. The molecule has 0 radical (unpaired) electrons. The molecule has 3 rings (SSSR count). The lowest BCUT2D eigenvalue weighted by atomic mass is 9.70. The van der Waals surface area contributed by atoms with Crippen LogP contribution in [0.5, 0.6) is 0 Å². The maximum Gasteiger partial charge on any atom is 0.0107 e. The Morgan fingerprint density at radius 3 is 2.81 bits per heavy atom. The van der Waals surface area contributed by atoms with Gasteiger partial charge in [-0.15, -0.1) is 11.8 Å². The van der Waals surface area contributed by atoms with Crippen molar-refractivity contribution in [1.82, 2.24) is 5.32 Å². The summed E-state index contributed by atoms with van der Waals surface area (Å²) in [5, 5.41) is 3.60. The third-order valence-electron chi connectivity index (χ3n) is 5.72. The van der Waals surface area contributed by atoms with Crippen molar-refractivity contribution in [2.45, 2.75) is 56.4 Å². The number of nitrogens with one attached hydrogen (secondary N) is 1. The largest absolute Gasteiger partial charge is 0.317 e. The Labute approximate surface area is 134 Å². The molecule has 0 spiro atoms. The zero-order valence-electron chi connectivity index (χ0n) is 13.6. The van der Waals surface area contributed by atoms with Crippen LogP contribution in [0.4, 0.5) is 0 Å². The molecule has 116 valence electrons. The fourth-order valence-corrected chi connectivity index (χ4v) is 5.61. The van der Waals surface area contributed by atoms with Gasteiger partial charge in [0.2, 0.25) is 0 Å². The predicted molar refractivity (Wildman–Crippen MR) is 93.0 cm³/mol. The quantitative estimate of drug-likeness (QED) is 0.846. The zero-order valence-corrected chi connectivity index (χ0v) is 14.5. The third-order valence-corrected chi connectivity index (χ3v) is 6.97. The van der Waals surface area contributed by atoms with Crippen LogP contribution >= 0.6 is 11.8 Å². The van der Waals surface area contributed by atoms with Crippen LogP contribution < -0.4 is 5.32 Å². The van der Waals surface area contributed by atoms with Crippen LogP contribution in [0.1, 0.15) is 51.0 Å². The Morgan fingerprint density at radius 1 is 1.24 bits per heavy atom. The molecule has 0 aromatic heterocycles. The van der Waals surface area contributed by atoms with Gasteiger partial charge in [-0.05, 0) is 68.0 Å². The van der Waals surface area contributed by atoms with Gasteiger partial charge in [-0.25, -0.2) is 0 Å². The Bertz CT molecular complexity index is 470. The van der Waals surface area contributed by atoms with Crippen LogP contribution in [-0.2, 0) is 0 Å². The van der Waals surface area contributed by atoms with Crippen LogP contribution in [0, 0.1) is 17.8 Å². The second-order valence-electron chi connectivity index (χ2n) is 7.25. The summed E-state index contributed by atoms with van der Waals surface area (Å²) in [4.78, 5) is 1.53. The first kappa shape index (κ1) is 15.4. The Balaban J connectivity index is 1.70. The standard InChI is InChI=1S/C19H29NS/c1-13(2)14-8-9-18(20-3)15(10-14)11-16-12-21-19-7-5-4-6-17(16)19/h4-7,13-16,18,20H,8-12H2,1-3H3. The number of hydrogen-bond donors (Lipinski definition) is 1. The number of rotatable bonds is 4. The van der Waals surface area contributed by atoms with E-state index in [1.807, 2.05) is 0 Å². The molecule has 4 unspecified atom stereocenters. The van der Waals surface area contributed by atoms with Crippen molar-refractivity contribution in [3.05, 3.63) is 29.8 Å². The molecule has 2 heteroatoms. The van der Waals surface area contributed by atoms with Gasteiger partial charge in [0.05, 0.1) is 0 Å². The summed E-state index contributed by atoms with van der Waals surface area (Å²) in [5.41, 5.74) is 1.61. The highest BCUT2D eigenvalue weighted by Crippen LogP contribution is 2.45. The summed E-state index contributed by atoms with van der Waals surface area (Å²) >= 11 is 2.06. The topological polar surface area (TPSA) is 12.0 Å². The van der Waals surface area contributed by atoms with Crippen molar-refractivity contribution in [1.29, 1.82) is 0 Å². The fourth-order valence-electron chi connectivity index (χ4n) is 4.34. The molecule has 0 saturated heterocycles. The van der Waals surface area contributed by atoms with Gasteiger partial charge in [0, 0.05) is 16.7 Å². The van der Waals surface area contributed by atoms with Crippen molar-refractivity contribution in [2.24, 2.45) is 17.8 Å². The lowest BCUT2D eigenvalue weighted by Gasteiger charge is -2.39. The van der Waals surface area contributed by atoms with Crippen molar-refractivity contribution >= 4 is 11.8 Å². The molecule has 21 heavy (non-hydrogen) atoms. The van der Waals surface area contributed by atoms with E-state index in [0.29, 0.717) is 0 Å². The predicted octanol–water partition coefficient (Wildman–Crippen LogP) is 4.93. The molecular formula is C19H29NS. The van der Waals surface area contributed by atoms with E-state index in [-0.39, 0.29) is 0 Å². The Kier molecular flexibility index (Phi) is 4.96. The van der Waals surface area contributed by atoms with Gasteiger partial charge in [0.25, 0.3) is 0 Å². The van der Waals surface area contributed by atoms with Crippen LogP contribution in [0.25, 0.3) is 0 Å². The van der Waals surface area contributed by atoms with Gasteiger partial charge in [0.1, 0.15) is 0 Å². The number of thioether (sulfide) groups is 1. The van der Waals surface area contributed by atoms with Crippen molar-refractivity contribution in [3.8, 4) is 0 Å². The van der Waals surface area contributed by atoms with Crippen molar-refractivity contribution in [3.63, 3.8) is 0 Å². The highest BCUT2D eigenvalue weighted by molar-refractivity contribution is 7.99. The molecule has 1 heterocycles. The Morgan fingerprint density at radius 2 is 2.05 bits per heavy atom. The van der Waals surface area contributed by atoms with Gasteiger partial charge in [-0.1, -0.05) is 32.0 Å². The molecule has 2 aliphatic rings. The lowest BCUT2D eigenvalue weighted by molar-refractivity contribution is 0.161. The van der Waals surface area contributed by atoms with Crippen LogP contribution in [0.2, 0.25) is 0 Å². The summed E-state index contributed by atoms with van der Waals surface area (Å²) in [6.07, 6.45) is 5.58. The maximum atomic E-state index is 3.60. The summed E-state index contributed by atoms with van der Waals surface area (Å²) in [6.45, 7) is 4.81. The van der Waals surface area contributed by atoms with E-state index >= 15 is 0 Å². The first-order valence-corrected chi connectivity index (χ1v) is 9.56. The molecule has 0 amide bonds. The molecule has 1 fully saturated rings. The molecule has 1 aromatic carbocycles. The summed E-state index contributed by atoms with van der Waals surface area (Å²) in [5.74, 6) is 4.70. The van der Waals surface area contributed by atoms with Gasteiger partial charge in [-0.2, -0.15) is 0 Å². The second-order valence-corrected chi connectivity index (χ2v) is 8.32. The molecule has 0 bridgehead atoms. The summed E-state index contributed by atoms with van der Waals surface area (Å²) in [6, 6.07) is 9.79. The normalized spacial score (nSPS) is 32.4. The molecule has 4 atom stereocenters. The number of hydrogen-bond acceptors (Lipinski definition) is 2. The van der Waals surface area contributed by atoms with Crippen molar-refractivity contribution < 1.29 is 0 Å². The lowest BCUT2D eigenvalue weighted by Crippen LogP contribution is -2.40. The first-order valence-electron chi connectivity index (χ1n) is 8.58. The average molecular weight is 304 g/mol. The van der Waals surface area contributed by atoms with Gasteiger partial charge >= 0.3 is 0 Å². The molecular weight excluding hydrogens is 274 g/mol. The van der Waals surface area contributed by atoms with Gasteiger partial charge < -0.3 is 5.32 Å². The number of fused-ring (bicyclic) bond motifs is 1.